The first-order valence-electron chi connectivity index (χ1n) is 3.04. The summed E-state index contributed by atoms with van der Waals surface area (Å²) in [4.78, 5) is 9.25. The quantitative estimate of drug-likeness (QED) is 0.453. The van der Waals surface area contributed by atoms with Crippen molar-refractivity contribution in [2.75, 3.05) is 0 Å². The van der Waals surface area contributed by atoms with Crippen LogP contribution < -0.4 is 0 Å². The number of hydrogen-bond acceptors (Lipinski definition) is 1. The number of carbonyl (C=O) groups is 1. The van der Waals surface area contributed by atoms with Gasteiger partial charge in [0.15, 0.2) is 0 Å². The third-order valence-corrected chi connectivity index (χ3v) is 1.67. The standard InChI is InChI=1S/C3H4O2.C3H10Si/c1-2-3(4)5;1-2-3-4/h2H,1H2,(H,4,5);2-3H2,1,4H3. The predicted octanol–water partition coefficient (Wildman–Crippen LogP) is 0.437. The van der Waals surface area contributed by atoms with Crippen LogP contribution in [0.25, 0.3) is 0 Å². The minimum absolute atomic E-state index is 0.833. The third kappa shape index (κ3) is 37.1. The van der Waals surface area contributed by atoms with E-state index in [4.69, 9.17) is 5.11 Å². The molecule has 3 heteroatoms. The zero-order valence-electron chi connectivity index (χ0n) is 6.05. The number of carboxylic acids is 1. The molecular weight excluding hydrogens is 132 g/mol. The monoisotopic (exact) mass is 146 g/mol. The summed E-state index contributed by atoms with van der Waals surface area (Å²) in [6.45, 7) is 5.18. The first kappa shape index (κ1) is 11.3. The molecule has 0 rings (SSSR count). The van der Waals surface area contributed by atoms with Crippen molar-refractivity contribution in [1.29, 1.82) is 0 Å². The zero-order chi connectivity index (χ0) is 7.70. The Bertz CT molecular complexity index is 79.1. The molecule has 0 spiro atoms. The van der Waals surface area contributed by atoms with E-state index in [9.17, 15) is 4.79 Å². The molecule has 54 valence electrons. The Morgan fingerprint density at radius 2 is 2.11 bits per heavy atom. The van der Waals surface area contributed by atoms with Crippen molar-refractivity contribution < 1.29 is 9.90 Å². The molecule has 0 radical (unpaired) electrons. The van der Waals surface area contributed by atoms with Crippen LogP contribution in [0.15, 0.2) is 12.7 Å². The summed E-state index contributed by atoms with van der Waals surface area (Å²) in [5.74, 6) is -0.981. The molecule has 0 aliphatic rings. The Morgan fingerprint density at radius 3 is 2.11 bits per heavy atom. The maximum Gasteiger partial charge on any atom is 0.327 e. The summed E-state index contributed by atoms with van der Waals surface area (Å²) >= 11 is 0. The van der Waals surface area contributed by atoms with Crippen LogP contribution in [0.3, 0.4) is 0 Å². The fourth-order valence-corrected chi connectivity index (χ4v) is 0. The minimum Gasteiger partial charge on any atom is -0.478 e. The fourth-order valence-electron chi connectivity index (χ4n) is 0. The molecule has 0 unspecified atom stereocenters. The highest BCUT2D eigenvalue weighted by atomic mass is 28.1. The third-order valence-electron chi connectivity index (χ3n) is 0.675. The Morgan fingerprint density at radius 1 is 1.89 bits per heavy atom. The van der Waals surface area contributed by atoms with E-state index in [1.165, 1.54) is 22.7 Å². The van der Waals surface area contributed by atoms with Crippen molar-refractivity contribution in [3.63, 3.8) is 0 Å². The van der Waals surface area contributed by atoms with Crippen molar-refractivity contribution in [2.24, 2.45) is 0 Å². The molecule has 0 amide bonds. The summed E-state index contributed by atoms with van der Waals surface area (Å²) in [7, 11) is 1.39. The molecule has 1 N–H and O–H groups in total. The van der Waals surface area contributed by atoms with E-state index in [1.807, 2.05) is 0 Å². The largest absolute Gasteiger partial charge is 0.478 e. The number of aliphatic carboxylic acids is 1. The van der Waals surface area contributed by atoms with Crippen LogP contribution in [0.1, 0.15) is 13.3 Å². The van der Waals surface area contributed by atoms with Gasteiger partial charge >= 0.3 is 5.97 Å². The van der Waals surface area contributed by atoms with Gasteiger partial charge < -0.3 is 5.11 Å². The molecule has 0 aromatic heterocycles. The van der Waals surface area contributed by atoms with Gasteiger partial charge in [0.25, 0.3) is 0 Å². The molecule has 0 saturated heterocycles. The molecule has 0 atom stereocenters. The van der Waals surface area contributed by atoms with Gasteiger partial charge in [-0.2, -0.15) is 0 Å². The topological polar surface area (TPSA) is 37.3 Å². The van der Waals surface area contributed by atoms with E-state index in [2.05, 4.69) is 13.5 Å². The molecule has 9 heavy (non-hydrogen) atoms. The van der Waals surface area contributed by atoms with Gasteiger partial charge in [-0.3, -0.25) is 0 Å². The van der Waals surface area contributed by atoms with Crippen LogP contribution >= 0.6 is 0 Å². The van der Waals surface area contributed by atoms with Crippen molar-refractivity contribution in [1.82, 2.24) is 0 Å². The maximum absolute atomic E-state index is 9.25. The Labute approximate surface area is 59.0 Å². The molecule has 0 fully saturated rings. The number of rotatable bonds is 2. The SMILES string of the molecule is C=CC(=O)O.CCC[SiH3]. The van der Waals surface area contributed by atoms with E-state index in [-0.39, 0.29) is 0 Å². The molecule has 0 bridgehead atoms. The van der Waals surface area contributed by atoms with Gasteiger partial charge in [0.2, 0.25) is 0 Å². The molecule has 0 saturated carbocycles. The van der Waals surface area contributed by atoms with Crippen LogP contribution in [0, 0.1) is 0 Å². The van der Waals surface area contributed by atoms with Crippen LogP contribution in [0.5, 0.6) is 0 Å². The zero-order valence-corrected chi connectivity index (χ0v) is 8.05. The van der Waals surface area contributed by atoms with Crippen molar-refractivity contribution in [3.05, 3.63) is 12.7 Å². The summed E-state index contributed by atoms with van der Waals surface area (Å²) < 4.78 is 0. The second-order valence-corrected chi connectivity index (χ2v) is 2.54. The van der Waals surface area contributed by atoms with Gasteiger partial charge in [-0.25, -0.2) is 4.79 Å². The summed E-state index contributed by atoms with van der Waals surface area (Å²) in [6.07, 6.45) is 2.21. The Kier molecular flexibility index (Phi) is 13.0. The van der Waals surface area contributed by atoms with Crippen molar-refractivity contribution in [3.8, 4) is 0 Å². The Hall–Kier alpha value is -0.573. The molecule has 0 aromatic carbocycles. The van der Waals surface area contributed by atoms with E-state index >= 15 is 0 Å². The van der Waals surface area contributed by atoms with E-state index in [0.29, 0.717) is 0 Å². The smallest absolute Gasteiger partial charge is 0.327 e. The van der Waals surface area contributed by atoms with Gasteiger partial charge in [-0.05, 0) is 0 Å². The lowest BCUT2D eigenvalue weighted by molar-refractivity contribution is -0.131. The van der Waals surface area contributed by atoms with Gasteiger partial charge in [0.1, 0.15) is 0 Å². The van der Waals surface area contributed by atoms with Crippen LogP contribution in [-0.4, -0.2) is 21.3 Å². The molecular formula is C6H14O2Si. The van der Waals surface area contributed by atoms with Gasteiger partial charge in [0.05, 0.1) is 0 Å². The van der Waals surface area contributed by atoms with Crippen molar-refractivity contribution >= 4 is 16.2 Å². The van der Waals surface area contributed by atoms with E-state index < -0.39 is 5.97 Å². The highest BCUT2D eigenvalue weighted by Crippen LogP contribution is 1.73. The molecule has 0 heterocycles. The van der Waals surface area contributed by atoms with Gasteiger partial charge in [0, 0.05) is 16.3 Å². The number of carboxylic acid groups (broad SMARTS) is 1. The lowest BCUT2D eigenvalue weighted by Gasteiger charge is -1.67. The Balaban J connectivity index is 0. The first-order valence-corrected chi connectivity index (χ1v) is 4.45. The lowest BCUT2D eigenvalue weighted by Crippen LogP contribution is -1.82. The lowest BCUT2D eigenvalue weighted by atomic mass is 10.6. The van der Waals surface area contributed by atoms with Crippen LogP contribution in [-0.2, 0) is 4.79 Å². The average Bonchev–Trinajstić information content (AvgIpc) is 1.89. The van der Waals surface area contributed by atoms with E-state index in [1.54, 1.807) is 0 Å². The predicted molar refractivity (Wildman–Crippen MR) is 42.9 cm³/mol. The fraction of sp³-hybridized carbons (Fsp3) is 0.500. The molecule has 0 aliphatic heterocycles. The van der Waals surface area contributed by atoms with Crippen molar-refractivity contribution in [2.45, 2.75) is 19.4 Å². The van der Waals surface area contributed by atoms with E-state index in [0.717, 1.165) is 6.08 Å². The average molecular weight is 146 g/mol. The molecule has 0 aliphatic carbocycles. The second kappa shape index (κ2) is 10.4. The van der Waals surface area contributed by atoms with Crippen LogP contribution in [0.4, 0.5) is 0 Å². The summed E-state index contributed by atoms with van der Waals surface area (Å²) in [5.41, 5.74) is 0. The highest BCUT2D eigenvalue weighted by Gasteiger charge is 1.73. The molecule has 2 nitrogen and oxygen atoms in total. The summed E-state index contributed by atoms with van der Waals surface area (Å²) in [5, 5.41) is 7.60. The maximum atomic E-state index is 9.25. The highest BCUT2D eigenvalue weighted by molar-refractivity contribution is 6.08. The molecule has 0 aromatic rings. The van der Waals surface area contributed by atoms with Crippen LogP contribution in [0.2, 0.25) is 6.04 Å². The van der Waals surface area contributed by atoms with Gasteiger partial charge in [-0.1, -0.05) is 26.0 Å². The second-order valence-electron chi connectivity index (χ2n) is 1.54. The summed E-state index contributed by atoms with van der Waals surface area (Å²) in [6, 6.07) is 1.46. The number of hydrogen-bond donors (Lipinski definition) is 1. The minimum atomic E-state index is -0.981. The normalized spacial score (nSPS) is 7.22. The first-order chi connectivity index (χ1) is 4.18. The van der Waals surface area contributed by atoms with Gasteiger partial charge in [-0.15, -0.1) is 0 Å².